The molecule has 0 radical (unpaired) electrons. The van der Waals surface area contributed by atoms with Crippen LogP contribution in [0.4, 0.5) is 0 Å². The summed E-state index contributed by atoms with van der Waals surface area (Å²) in [5.41, 5.74) is 9.14. The van der Waals surface area contributed by atoms with E-state index in [9.17, 15) is 13.8 Å². The SMILES string of the molecule is CC(NC(=O)CS(=O)C1(C)c2ccccc2-c2ccccc21)C(N)=O. The van der Waals surface area contributed by atoms with E-state index in [0.29, 0.717) is 0 Å². The molecule has 130 valence electrons. The molecular formula is C19H20N2O3S. The van der Waals surface area contributed by atoms with Crippen molar-refractivity contribution in [3.05, 3.63) is 59.7 Å². The van der Waals surface area contributed by atoms with Crippen LogP contribution in [0, 0.1) is 0 Å². The summed E-state index contributed by atoms with van der Waals surface area (Å²) in [6.07, 6.45) is 0. The first-order valence-electron chi connectivity index (χ1n) is 8.02. The van der Waals surface area contributed by atoms with Crippen LogP contribution in [0.25, 0.3) is 11.1 Å². The molecule has 6 heteroatoms. The minimum Gasteiger partial charge on any atom is -0.368 e. The van der Waals surface area contributed by atoms with Crippen LogP contribution in [0.2, 0.25) is 0 Å². The van der Waals surface area contributed by atoms with Crippen LogP contribution < -0.4 is 11.1 Å². The van der Waals surface area contributed by atoms with Gasteiger partial charge in [0.25, 0.3) is 0 Å². The Bertz CT molecular complexity index is 833. The van der Waals surface area contributed by atoms with E-state index in [2.05, 4.69) is 5.32 Å². The molecule has 1 aliphatic rings. The number of benzene rings is 2. The molecule has 3 rings (SSSR count). The molecule has 0 aliphatic heterocycles. The lowest BCUT2D eigenvalue weighted by atomic mass is 9.98. The minimum atomic E-state index is -1.51. The Morgan fingerprint density at radius 2 is 1.56 bits per heavy atom. The number of hydrogen-bond acceptors (Lipinski definition) is 3. The Morgan fingerprint density at radius 1 is 1.08 bits per heavy atom. The summed E-state index contributed by atoms with van der Waals surface area (Å²) in [6, 6.07) is 14.9. The highest BCUT2D eigenvalue weighted by Crippen LogP contribution is 2.50. The Hall–Kier alpha value is -2.47. The Morgan fingerprint density at radius 3 is 2.04 bits per heavy atom. The molecule has 3 N–H and O–H groups in total. The number of hydrogen-bond donors (Lipinski definition) is 2. The van der Waals surface area contributed by atoms with Gasteiger partial charge in [0.2, 0.25) is 11.8 Å². The van der Waals surface area contributed by atoms with E-state index in [1.54, 1.807) is 0 Å². The molecule has 2 aromatic carbocycles. The van der Waals surface area contributed by atoms with Crippen molar-refractivity contribution in [2.24, 2.45) is 5.73 Å². The van der Waals surface area contributed by atoms with Gasteiger partial charge in [0.15, 0.2) is 0 Å². The van der Waals surface area contributed by atoms with Crippen LogP contribution in [0.1, 0.15) is 25.0 Å². The normalized spacial score (nSPS) is 16.4. The van der Waals surface area contributed by atoms with Crippen LogP contribution >= 0.6 is 0 Å². The molecule has 2 unspecified atom stereocenters. The number of carbonyl (C=O) groups excluding carboxylic acids is 2. The van der Waals surface area contributed by atoms with Gasteiger partial charge >= 0.3 is 0 Å². The summed E-state index contributed by atoms with van der Waals surface area (Å²) in [6.45, 7) is 3.41. The molecule has 0 aromatic heterocycles. The molecule has 5 nitrogen and oxygen atoms in total. The van der Waals surface area contributed by atoms with Crippen LogP contribution in [0.15, 0.2) is 48.5 Å². The standard InChI is InChI=1S/C19H20N2O3S/c1-12(18(20)23)21-17(22)11-25(24)19(2)15-9-5-3-7-13(15)14-8-4-6-10-16(14)19/h3-10,12H,11H2,1-2H3,(H2,20,23)(H,21,22). The molecule has 0 saturated carbocycles. The zero-order valence-electron chi connectivity index (χ0n) is 14.1. The number of rotatable bonds is 5. The third-order valence-corrected chi connectivity index (χ3v) is 6.57. The second-order valence-corrected chi connectivity index (χ2v) is 8.10. The smallest absolute Gasteiger partial charge is 0.239 e. The van der Waals surface area contributed by atoms with Gasteiger partial charge in [0, 0.05) is 10.8 Å². The van der Waals surface area contributed by atoms with Crippen molar-refractivity contribution in [1.29, 1.82) is 0 Å². The van der Waals surface area contributed by atoms with Crippen LogP contribution in [0.3, 0.4) is 0 Å². The summed E-state index contributed by atoms with van der Waals surface area (Å²) in [5, 5.41) is 2.49. The van der Waals surface area contributed by atoms with Crippen molar-refractivity contribution in [2.75, 3.05) is 5.75 Å². The van der Waals surface area contributed by atoms with Gasteiger partial charge in [0.1, 0.15) is 11.8 Å². The van der Waals surface area contributed by atoms with E-state index in [4.69, 9.17) is 5.73 Å². The zero-order chi connectivity index (χ0) is 18.2. The maximum Gasteiger partial charge on any atom is 0.239 e. The van der Waals surface area contributed by atoms with E-state index >= 15 is 0 Å². The molecule has 0 bridgehead atoms. The lowest BCUT2D eigenvalue weighted by Gasteiger charge is -2.26. The molecule has 2 atom stereocenters. The molecule has 25 heavy (non-hydrogen) atoms. The van der Waals surface area contributed by atoms with E-state index in [0.717, 1.165) is 22.3 Å². The first-order valence-corrected chi connectivity index (χ1v) is 9.34. The van der Waals surface area contributed by atoms with Gasteiger partial charge in [0.05, 0.1) is 4.75 Å². The lowest BCUT2D eigenvalue weighted by Crippen LogP contribution is -2.45. The third kappa shape index (κ3) is 2.87. The third-order valence-electron chi connectivity index (χ3n) is 4.69. The first-order chi connectivity index (χ1) is 11.9. The predicted molar refractivity (Wildman–Crippen MR) is 98.1 cm³/mol. The van der Waals surface area contributed by atoms with Crippen molar-refractivity contribution < 1.29 is 13.8 Å². The van der Waals surface area contributed by atoms with Gasteiger partial charge in [-0.3, -0.25) is 13.8 Å². The van der Waals surface area contributed by atoms with Crippen molar-refractivity contribution in [1.82, 2.24) is 5.32 Å². The number of primary amides is 1. The number of fused-ring (bicyclic) bond motifs is 3. The quantitative estimate of drug-likeness (QED) is 0.854. The Labute approximate surface area is 149 Å². The molecule has 0 heterocycles. The lowest BCUT2D eigenvalue weighted by molar-refractivity contribution is -0.125. The molecule has 2 amide bonds. The van der Waals surface area contributed by atoms with Crippen molar-refractivity contribution in [3.8, 4) is 11.1 Å². The summed E-state index contributed by atoms with van der Waals surface area (Å²) in [4.78, 5) is 23.3. The molecule has 0 saturated heterocycles. The fraction of sp³-hybridized carbons (Fsp3) is 0.263. The Balaban J connectivity index is 1.94. The summed E-state index contributed by atoms with van der Waals surface area (Å²) in [5.74, 6) is -1.27. The van der Waals surface area contributed by atoms with Crippen molar-refractivity contribution in [3.63, 3.8) is 0 Å². The molecule has 2 aromatic rings. The molecule has 0 fully saturated rings. The fourth-order valence-electron chi connectivity index (χ4n) is 3.28. The van der Waals surface area contributed by atoms with Gasteiger partial charge in [-0.25, -0.2) is 0 Å². The van der Waals surface area contributed by atoms with Crippen LogP contribution in [0.5, 0.6) is 0 Å². The van der Waals surface area contributed by atoms with Gasteiger partial charge in [-0.2, -0.15) is 0 Å². The van der Waals surface area contributed by atoms with Gasteiger partial charge in [-0.1, -0.05) is 48.5 Å². The molecule has 0 spiro atoms. The monoisotopic (exact) mass is 356 g/mol. The Kier molecular flexibility index (Phi) is 4.47. The maximum absolute atomic E-state index is 13.2. The maximum atomic E-state index is 13.2. The summed E-state index contributed by atoms with van der Waals surface area (Å²) >= 11 is 0. The number of carbonyl (C=O) groups is 2. The topological polar surface area (TPSA) is 89.3 Å². The van der Waals surface area contributed by atoms with Gasteiger partial charge in [-0.15, -0.1) is 0 Å². The second-order valence-electron chi connectivity index (χ2n) is 6.31. The average molecular weight is 356 g/mol. The van der Waals surface area contributed by atoms with Crippen LogP contribution in [-0.4, -0.2) is 27.8 Å². The highest BCUT2D eigenvalue weighted by molar-refractivity contribution is 7.87. The number of amides is 2. The van der Waals surface area contributed by atoms with E-state index in [1.807, 2.05) is 55.5 Å². The summed E-state index contributed by atoms with van der Waals surface area (Å²) in [7, 11) is -1.51. The molecular weight excluding hydrogens is 336 g/mol. The number of nitrogens with two attached hydrogens (primary N) is 1. The van der Waals surface area contributed by atoms with E-state index < -0.39 is 33.4 Å². The average Bonchev–Trinajstić information content (AvgIpc) is 2.86. The summed E-state index contributed by atoms with van der Waals surface area (Å²) < 4.78 is 12.4. The minimum absolute atomic E-state index is 0.198. The predicted octanol–water partition coefficient (Wildman–Crippen LogP) is 1.67. The second kappa shape index (κ2) is 6.44. The van der Waals surface area contributed by atoms with E-state index in [1.165, 1.54) is 6.92 Å². The zero-order valence-corrected chi connectivity index (χ0v) is 14.9. The highest BCUT2D eigenvalue weighted by Gasteiger charge is 2.44. The first kappa shape index (κ1) is 17.4. The van der Waals surface area contributed by atoms with Gasteiger partial charge < -0.3 is 11.1 Å². The fourth-order valence-corrected chi connectivity index (χ4v) is 4.73. The largest absolute Gasteiger partial charge is 0.368 e. The van der Waals surface area contributed by atoms with Crippen molar-refractivity contribution >= 4 is 22.6 Å². The number of nitrogens with one attached hydrogen (secondary N) is 1. The van der Waals surface area contributed by atoms with Gasteiger partial charge in [-0.05, 0) is 36.1 Å². The van der Waals surface area contributed by atoms with Crippen LogP contribution in [-0.2, 0) is 25.1 Å². The molecule has 1 aliphatic carbocycles. The van der Waals surface area contributed by atoms with E-state index in [-0.39, 0.29) is 5.75 Å². The highest BCUT2D eigenvalue weighted by atomic mass is 32.2. The van der Waals surface area contributed by atoms with Crippen molar-refractivity contribution in [2.45, 2.75) is 24.6 Å².